The second kappa shape index (κ2) is 9.22. The van der Waals surface area contributed by atoms with Crippen LogP contribution in [0.5, 0.6) is 23.0 Å². The number of carbonyl (C=O) groups is 1. The van der Waals surface area contributed by atoms with Crippen molar-refractivity contribution >= 4 is 12.0 Å². The third kappa shape index (κ3) is 4.09. The number of carbonyl (C=O) groups excluding carboxylic acids is 1. The van der Waals surface area contributed by atoms with Gasteiger partial charge in [0, 0.05) is 30.2 Å². The normalized spacial score (nSPS) is 25.8. The first-order valence-electron chi connectivity index (χ1n) is 11.8. The third-order valence-electron chi connectivity index (χ3n) is 7.42. The van der Waals surface area contributed by atoms with Crippen LogP contribution in [-0.4, -0.2) is 49.1 Å². The molecule has 2 aromatic rings. The average Bonchev–Trinajstić information content (AvgIpc) is 3.34. The van der Waals surface area contributed by atoms with Crippen LogP contribution in [0, 0.1) is 5.92 Å². The van der Waals surface area contributed by atoms with Crippen molar-refractivity contribution in [3.63, 3.8) is 0 Å². The quantitative estimate of drug-likeness (QED) is 0.662. The predicted octanol–water partition coefficient (Wildman–Crippen LogP) is 4.34. The van der Waals surface area contributed by atoms with Gasteiger partial charge in [0.05, 0.1) is 25.9 Å². The maximum Gasteiger partial charge on any atom is 0.247 e. The number of hydrogen-bond donors (Lipinski definition) is 1. The van der Waals surface area contributed by atoms with Crippen molar-refractivity contribution in [2.24, 2.45) is 5.92 Å². The van der Waals surface area contributed by atoms with Crippen LogP contribution >= 0.6 is 0 Å². The zero-order valence-electron chi connectivity index (χ0n) is 19.7. The first kappa shape index (κ1) is 22.6. The molecule has 1 aliphatic carbocycles. The second-order valence-electron chi connectivity index (χ2n) is 9.24. The summed E-state index contributed by atoms with van der Waals surface area (Å²) < 4.78 is 21.9. The minimum Gasteiger partial charge on any atom is -0.497 e. The van der Waals surface area contributed by atoms with Crippen molar-refractivity contribution in [1.82, 2.24) is 4.90 Å². The van der Waals surface area contributed by atoms with E-state index >= 15 is 0 Å². The summed E-state index contributed by atoms with van der Waals surface area (Å²) >= 11 is 0. The number of hydrogen-bond acceptors (Lipinski definition) is 6. The molecule has 2 fully saturated rings. The summed E-state index contributed by atoms with van der Waals surface area (Å²) in [7, 11) is 3.24. The molecular weight excluding hydrogens is 434 g/mol. The summed E-state index contributed by atoms with van der Waals surface area (Å²) in [5, 5.41) is 11.5. The number of methoxy groups -OCH3 is 2. The fourth-order valence-corrected chi connectivity index (χ4v) is 5.66. The van der Waals surface area contributed by atoms with Gasteiger partial charge in [-0.05, 0) is 55.2 Å². The largest absolute Gasteiger partial charge is 0.497 e. The number of rotatable bonds is 5. The lowest BCUT2D eigenvalue weighted by molar-refractivity contribution is -0.151. The van der Waals surface area contributed by atoms with Crippen LogP contribution < -0.4 is 18.9 Å². The summed E-state index contributed by atoms with van der Waals surface area (Å²) in [6.07, 6.45) is 7.67. The first-order chi connectivity index (χ1) is 16.5. The van der Waals surface area contributed by atoms with E-state index in [0.29, 0.717) is 36.0 Å². The molecule has 0 radical (unpaired) electrons. The molecule has 3 aliphatic rings. The maximum atomic E-state index is 13.5. The SMILES string of the molecule is COc1ccc([C@H]2C3CCCCC3(O)CCN2C(=O)C=Cc2ccc3c(c2)OCO3)c(OC)c1. The number of piperidine rings is 1. The van der Waals surface area contributed by atoms with Crippen molar-refractivity contribution in [3.8, 4) is 23.0 Å². The van der Waals surface area contributed by atoms with Gasteiger partial charge < -0.3 is 29.0 Å². The van der Waals surface area contributed by atoms with E-state index in [1.54, 1.807) is 26.4 Å². The highest BCUT2D eigenvalue weighted by Gasteiger charge is 2.50. The van der Waals surface area contributed by atoms with Gasteiger partial charge >= 0.3 is 0 Å². The molecule has 7 nitrogen and oxygen atoms in total. The van der Waals surface area contributed by atoms with Gasteiger partial charge in [0.25, 0.3) is 0 Å². The minimum atomic E-state index is -0.772. The summed E-state index contributed by atoms with van der Waals surface area (Å²) in [6.45, 7) is 0.696. The van der Waals surface area contributed by atoms with Crippen LogP contribution in [0.3, 0.4) is 0 Å². The van der Waals surface area contributed by atoms with Crippen LogP contribution in [0.4, 0.5) is 0 Å². The molecule has 1 saturated carbocycles. The number of aliphatic hydroxyl groups is 1. The smallest absolute Gasteiger partial charge is 0.247 e. The Balaban J connectivity index is 1.48. The fourth-order valence-electron chi connectivity index (χ4n) is 5.66. The first-order valence-corrected chi connectivity index (χ1v) is 11.8. The molecule has 0 aromatic heterocycles. The predicted molar refractivity (Wildman–Crippen MR) is 127 cm³/mol. The molecule has 0 bridgehead atoms. The molecule has 180 valence electrons. The number of ether oxygens (including phenoxy) is 4. The number of likely N-dealkylation sites (tertiary alicyclic amines) is 1. The molecule has 2 heterocycles. The van der Waals surface area contributed by atoms with E-state index in [4.69, 9.17) is 18.9 Å². The summed E-state index contributed by atoms with van der Waals surface area (Å²) in [6, 6.07) is 11.0. The Hall–Kier alpha value is -3.19. The maximum absolute atomic E-state index is 13.5. The number of benzene rings is 2. The van der Waals surface area contributed by atoms with Gasteiger partial charge in [-0.25, -0.2) is 0 Å². The van der Waals surface area contributed by atoms with Gasteiger partial charge in [-0.3, -0.25) is 4.79 Å². The van der Waals surface area contributed by atoms with E-state index in [1.165, 1.54) is 0 Å². The van der Waals surface area contributed by atoms with E-state index in [2.05, 4.69) is 0 Å². The highest BCUT2D eigenvalue weighted by Crippen LogP contribution is 2.51. The highest BCUT2D eigenvalue weighted by atomic mass is 16.7. The Labute approximate surface area is 199 Å². The fraction of sp³-hybridized carbons (Fsp3) is 0.444. The molecule has 1 amide bonds. The lowest BCUT2D eigenvalue weighted by Crippen LogP contribution is -2.56. The molecule has 3 atom stereocenters. The molecule has 0 spiro atoms. The number of fused-ring (bicyclic) bond motifs is 2. The Bertz CT molecular complexity index is 1100. The second-order valence-corrected chi connectivity index (χ2v) is 9.24. The third-order valence-corrected chi connectivity index (χ3v) is 7.42. The van der Waals surface area contributed by atoms with Crippen molar-refractivity contribution in [3.05, 3.63) is 53.6 Å². The van der Waals surface area contributed by atoms with Crippen LogP contribution in [0.2, 0.25) is 0 Å². The van der Waals surface area contributed by atoms with Crippen molar-refractivity contribution in [1.29, 1.82) is 0 Å². The van der Waals surface area contributed by atoms with Crippen LogP contribution in [0.15, 0.2) is 42.5 Å². The van der Waals surface area contributed by atoms with Crippen molar-refractivity contribution < 1.29 is 28.8 Å². The van der Waals surface area contributed by atoms with Gasteiger partial charge in [0.2, 0.25) is 12.7 Å². The Morgan fingerprint density at radius 3 is 2.76 bits per heavy atom. The van der Waals surface area contributed by atoms with Crippen LogP contribution in [-0.2, 0) is 4.79 Å². The Morgan fingerprint density at radius 1 is 1.09 bits per heavy atom. The Morgan fingerprint density at radius 2 is 1.94 bits per heavy atom. The van der Waals surface area contributed by atoms with E-state index in [0.717, 1.165) is 36.8 Å². The van der Waals surface area contributed by atoms with E-state index in [9.17, 15) is 9.90 Å². The molecule has 2 aromatic carbocycles. The summed E-state index contributed by atoms with van der Waals surface area (Å²) in [5.41, 5.74) is 0.992. The lowest BCUT2D eigenvalue weighted by atomic mass is 9.66. The zero-order valence-corrected chi connectivity index (χ0v) is 19.7. The van der Waals surface area contributed by atoms with Crippen LogP contribution in [0.1, 0.15) is 49.3 Å². The monoisotopic (exact) mass is 465 g/mol. The number of nitrogens with zero attached hydrogens (tertiary/aromatic N) is 1. The molecule has 2 aliphatic heterocycles. The minimum absolute atomic E-state index is 0.0554. The zero-order chi connectivity index (χ0) is 23.7. The van der Waals surface area contributed by atoms with E-state index in [-0.39, 0.29) is 24.7 Å². The van der Waals surface area contributed by atoms with Crippen LogP contribution in [0.25, 0.3) is 6.08 Å². The lowest BCUT2D eigenvalue weighted by Gasteiger charge is -2.52. The molecule has 5 rings (SSSR count). The van der Waals surface area contributed by atoms with Crippen molar-refractivity contribution in [2.45, 2.75) is 43.7 Å². The van der Waals surface area contributed by atoms with Crippen molar-refractivity contribution in [2.75, 3.05) is 27.6 Å². The standard InChI is InChI=1S/C27H31NO6/c1-31-19-8-9-20(23(16-19)32-2)26-21-5-3-4-12-27(21,30)13-14-28(26)25(29)11-7-18-6-10-22-24(15-18)34-17-33-22/h6-11,15-16,21,26,30H,3-5,12-14,17H2,1-2H3/t21?,26-,27?/m0/s1. The van der Waals surface area contributed by atoms with E-state index in [1.807, 2.05) is 41.3 Å². The summed E-state index contributed by atoms with van der Waals surface area (Å²) in [4.78, 5) is 15.4. The molecule has 2 unspecified atom stereocenters. The van der Waals surface area contributed by atoms with Gasteiger partial charge in [-0.15, -0.1) is 0 Å². The van der Waals surface area contributed by atoms with E-state index < -0.39 is 5.60 Å². The molecular formula is C27H31NO6. The van der Waals surface area contributed by atoms with Gasteiger partial charge in [0.1, 0.15) is 11.5 Å². The molecule has 34 heavy (non-hydrogen) atoms. The Kier molecular flexibility index (Phi) is 6.13. The van der Waals surface area contributed by atoms with Gasteiger partial charge in [-0.2, -0.15) is 0 Å². The molecule has 1 saturated heterocycles. The van der Waals surface area contributed by atoms with Gasteiger partial charge in [-0.1, -0.05) is 18.9 Å². The molecule has 1 N–H and O–H groups in total. The number of amides is 1. The summed E-state index contributed by atoms with van der Waals surface area (Å²) in [5.74, 6) is 2.60. The van der Waals surface area contributed by atoms with Gasteiger partial charge in [0.15, 0.2) is 11.5 Å². The molecule has 7 heteroatoms. The highest BCUT2D eigenvalue weighted by molar-refractivity contribution is 5.92. The average molecular weight is 466 g/mol. The topological polar surface area (TPSA) is 77.5 Å².